The second-order valence-corrected chi connectivity index (χ2v) is 9.94. The third-order valence-electron chi connectivity index (χ3n) is 4.39. The molecule has 0 bridgehead atoms. The fourth-order valence-electron chi connectivity index (χ4n) is 2.92. The van der Waals surface area contributed by atoms with Crippen LogP contribution in [-0.2, 0) is 10.8 Å². The Labute approximate surface area is 172 Å². The van der Waals surface area contributed by atoms with E-state index in [1.807, 2.05) is 11.4 Å². The van der Waals surface area contributed by atoms with Crippen molar-refractivity contribution in [1.29, 1.82) is 0 Å². The first-order valence-corrected chi connectivity index (χ1v) is 11.8. The first-order valence-electron chi connectivity index (χ1n) is 8.76. The zero-order valence-electron chi connectivity index (χ0n) is 15.4. The van der Waals surface area contributed by atoms with Crippen molar-refractivity contribution < 1.29 is 9.42 Å². The second kappa shape index (κ2) is 7.61. The number of imidazole rings is 1. The van der Waals surface area contributed by atoms with Crippen molar-refractivity contribution in [2.45, 2.75) is 30.9 Å². The number of unbranched alkanes of at least 4 members (excludes halogenated alkanes) is 1. The normalized spacial score (nSPS) is 12.6. The van der Waals surface area contributed by atoms with Crippen molar-refractivity contribution >= 4 is 49.4 Å². The minimum atomic E-state index is -1.18. The molecule has 0 aromatic carbocycles. The van der Waals surface area contributed by atoms with Gasteiger partial charge in [0, 0.05) is 28.3 Å². The summed E-state index contributed by atoms with van der Waals surface area (Å²) in [6, 6.07) is 1.85. The summed E-state index contributed by atoms with van der Waals surface area (Å²) in [5.74, 6) is 1.04. The monoisotopic (exact) mass is 433 g/mol. The highest BCUT2D eigenvalue weighted by Gasteiger charge is 2.23. The third-order valence-corrected chi connectivity index (χ3v) is 8.18. The summed E-state index contributed by atoms with van der Waals surface area (Å²) in [6.07, 6.45) is 5.16. The van der Waals surface area contributed by atoms with E-state index in [0.717, 1.165) is 22.6 Å². The minimum Gasteiger partial charge on any atom is -0.427 e. The van der Waals surface area contributed by atoms with Crippen LogP contribution in [0.1, 0.15) is 25.6 Å². The maximum absolute atomic E-state index is 12.8. The molecule has 1 atom stereocenters. The zero-order chi connectivity index (χ0) is 19.8. The molecule has 0 fully saturated rings. The zero-order valence-corrected chi connectivity index (χ0v) is 17.8. The molecule has 0 saturated heterocycles. The lowest BCUT2D eigenvalue weighted by molar-refractivity contribution is 0.183. The van der Waals surface area contributed by atoms with Crippen LogP contribution in [0.15, 0.2) is 28.0 Å². The number of aryl methyl sites for hydroxylation is 1. The number of hydrogen-bond acceptors (Lipinski definition) is 8. The van der Waals surface area contributed by atoms with Crippen LogP contribution in [0.3, 0.4) is 0 Å². The number of hydrogen-bond donors (Lipinski definition) is 2. The third kappa shape index (κ3) is 3.21. The molecule has 7 nitrogen and oxygen atoms in total. The van der Waals surface area contributed by atoms with Gasteiger partial charge in [0.05, 0.1) is 22.7 Å². The molecule has 0 spiro atoms. The summed E-state index contributed by atoms with van der Waals surface area (Å²) in [5.41, 5.74) is 8.78. The van der Waals surface area contributed by atoms with E-state index in [1.54, 1.807) is 19.3 Å². The number of thiophene rings is 1. The molecule has 146 valence electrons. The van der Waals surface area contributed by atoms with Crippen LogP contribution in [0.5, 0.6) is 0 Å². The van der Waals surface area contributed by atoms with Gasteiger partial charge in [-0.2, -0.15) is 4.73 Å². The number of anilines is 1. The lowest BCUT2D eigenvalue weighted by Gasteiger charge is -2.07. The Balaban J connectivity index is 1.98. The summed E-state index contributed by atoms with van der Waals surface area (Å²) in [5, 5.41) is 13.8. The molecular weight excluding hydrogens is 414 g/mol. The Morgan fingerprint density at radius 2 is 2.18 bits per heavy atom. The van der Waals surface area contributed by atoms with Gasteiger partial charge in [-0.1, -0.05) is 13.3 Å². The molecule has 0 amide bonds. The van der Waals surface area contributed by atoms with Crippen LogP contribution < -0.4 is 5.73 Å². The largest absolute Gasteiger partial charge is 0.427 e. The van der Waals surface area contributed by atoms with Gasteiger partial charge in [-0.3, -0.25) is 4.21 Å². The number of fused-ring (bicyclic) bond motifs is 1. The Morgan fingerprint density at radius 1 is 1.36 bits per heavy atom. The quantitative estimate of drug-likeness (QED) is 0.439. The molecule has 4 rings (SSSR count). The maximum Gasteiger partial charge on any atom is 0.142 e. The number of nitrogens with zero attached hydrogens (tertiary/aromatic N) is 4. The summed E-state index contributed by atoms with van der Waals surface area (Å²) in [4.78, 5) is 13.9. The van der Waals surface area contributed by atoms with Crippen molar-refractivity contribution in [3.05, 3.63) is 29.7 Å². The van der Waals surface area contributed by atoms with Gasteiger partial charge in [0.1, 0.15) is 31.3 Å². The fraction of sp³-hybridized carbons (Fsp3) is 0.278. The number of nitrogen functional groups attached to an aromatic ring is 1. The molecule has 0 aliphatic rings. The van der Waals surface area contributed by atoms with Crippen molar-refractivity contribution in [3.8, 4) is 22.0 Å². The Hall–Kier alpha value is -2.30. The van der Waals surface area contributed by atoms with Crippen LogP contribution in [0.4, 0.5) is 5.69 Å². The van der Waals surface area contributed by atoms with Crippen molar-refractivity contribution in [2.75, 3.05) is 11.5 Å². The highest BCUT2D eigenvalue weighted by atomic mass is 32.2. The summed E-state index contributed by atoms with van der Waals surface area (Å²) in [6.45, 7) is 3.78. The SMILES string of the molecule is CCCCS(=O)c1sc2nc(-c3nccs3)cc(-c3cnc(C)n3O)c2c1N. The van der Waals surface area contributed by atoms with Gasteiger partial charge in [-0.15, -0.1) is 22.7 Å². The molecule has 4 aromatic heterocycles. The average Bonchev–Trinajstić information content (AvgIpc) is 3.41. The van der Waals surface area contributed by atoms with E-state index < -0.39 is 10.8 Å². The highest BCUT2D eigenvalue weighted by molar-refractivity contribution is 7.87. The van der Waals surface area contributed by atoms with E-state index in [0.29, 0.717) is 48.6 Å². The second-order valence-electron chi connectivity index (χ2n) is 6.28. The lowest BCUT2D eigenvalue weighted by atomic mass is 10.1. The lowest BCUT2D eigenvalue weighted by Crippen LogP contribution is -2.00. The van der Waals surface area contributed by atoms with Gasteiger partial charge >= 0.3 is 0 Å². The minimum absolute atomic E-state index is 0.460. The molecule has 10 heteroatoms. The van der Waals surface area contributed by atoms with Crippen LogP contribution >= 0.6 is 22.7 Å². The van der Waals surface area contributed by atoms with Crippen molar-refractivity contribution in [3.63, 3.8) is 0 Å². The van der Waals surface area contributed by atoms with Crippen molar-refractivity contribution in [2.24, 2.45) is 0 Å². The molecule has 3 N–H and O–H groups in total. The van der Waals surface area contributed by atoms with Crippen molar-refractivity contribution in [1.82, 2.24) is 19.7 Å². The van der Waals surface area contributed by atoms with Gasteiger partial charge in [0.15, 0.2) is 0 Å². The van der Waals surface area contributed by atoms with E-state index in [2.05, 4.69) is 16.9 Å². The number of pyridine rings is 1. The molecule has 4 aromatic rings. The summed E-state index contributed by atoms with van der Waals surface area (Å²) < 4.78 is 14.4. The predicted octanol–water partition coefficient (Wildman–Crippen LogP) is 4.32. The summed E-state index contributed by atoms with van der Waals surface area (Å²) in [7, 11) is -1.18. The first kappa shape index (κ1) is 19.0. The number of thiazole rings is 1. The smallest absolute Gasteiger partial charge is 0.142 e. The van der Waals surface area contributed by atoms with E-state index in [-0.39, 0.29) is 0 Å². The first-order chi connectivity index (χ1) is 13.5. The van der Waals surface area contributed by atoms with E-state index in [9.17, 15) is 9.42 Å². The van der Waals surface area contributed by atoms with Crippen LogP contribution in [0.25, 0.3) is 32.2 Å². The number of aromatic nitrogens is 4. The van der Waals surface area contributed by atoms with Crippen LogP contribution in [0.2, 0.25) is 0 Å². The number of rotatable bonds is 6. The molecular formula is C18H19N5O2S3. The molecule has 0 aliphatic carbocycles. The summed E-state index contributed by atoms with van der Waals surface area (Å²) >= 11 is 2.83. The van der Waals surface area contributed by atoms with E-state index in [4.69, 9.17) is 10.7 Å². The highest BCUT2D eigenvalue weighted by Crippen LogP contribution is 2.42. The average molecular weight is 434 g/mol. The molecule has 0 aliphatic heterocycles. The van der Waals surface area contributed by atoms with E-state index >= 15 is 0 Å². The molecule has 28 heavy (non-hydrogen) atoms. The molecule has 1 unspecified atom stereocenters. The molecule has 0 saturated carbocycles. The topological polar surface area (TPSA) is 107 Å². The van der Waals surface area contributed by atoms with Gasteiger partial charge in [-0.05, 0) is 19.4 Å². The molecule has 0 radical (unpaired) electrons. The standard InChI is InChI=1S/C18H19N5O2S3/c1-3-4-7-28(25)18-15(19)14-11(13-9-21-10(2)23(13)24)8-12(22-17(14)27-18)16-20-5-6-26-16/h5-6,8-9,24H,3-4,7,19H2,1-2H3. The predicted molar refractivity (Wildman–Crippen MR) is 114 cm³/mol. The number of nitrogens with two attached hydrogens (primary N) is 1. The fourth-order valence-corrected chi connectivity index (χ4v) is 6.31. The van der Waals surface area contributed by atoms with Crippen LogP contribution in [-0.4, -0.2) is 34.9 Å². The maximum atomic E-state index is 12.8. The van der Waals surface area contributed by atoms with Gasteiger partial charge in [0.2, 0.25) is 0 Å². The van der Waals surface area contributed by atoms with Gasteiger partial charge in [0.25, 0.3) is 0 Å². The van der Waals surface area contributed by atoms with E-state index in [1.165, 1.54) is 22.7 Å². The Kier molecular flexibility index (Phi) is 5.17. The Bertz CT molecular complexity index is 1160. The van der Waals surface area contributed by atoms with Gasteiger partial charge < -0.3 is 10.9 Å². The Morgan fingerprint density at radius 3 is 2.82 bits per heavy atom. The van der Waals surface area contributed by atoms with Crippen LogP contribution in [0, 0.1) is 6.92 Å². The van der Waals surface area contributed by atoms with Gasteiger partial charge in [-0.25, -0.2) is 15.0 Å². The molecule has 4 heterocycles.